The third-order valence-corrected chi connectivity index (χ3v) is 2.91. The number of rotatable bonds is 12. The van der Waals surface area contributed by atoms with Gasteiger partial charge in [-0.2, -0.15) is 0 Å². The molecule has 0 aromatic rings. The highest BCUT2D eigenvalue weighted by Gasteiger charge is 2.13. The summed E-state index contributed by atoms with van der Waals surface area (Å²) in [5.41, 5.74) is 0. The van der Waals surface area contributed by atoms with Crippen molar-refractivity contribution in [1.29, 1.82) is 0 Å². The molecule has 0 unspecified atom stereocenters. The summed E-state index contributed by atoms with van der Waals surface area (Å²) < 4.78 is 0. The minimum Gasteiger partial charge on any atom is -0.299 e. The Kier molecular flexibility index (Phi) is 10.5. The summed E-state index contributed by atoms with van der Waals surface area (Å²) >= 11 is 0. The van der Waals surface area contributed by atoms with Crippen LogP contribution in [0.2, 0.25) is 0 Å². The van der Waals surface area contributed by atoms with Crippen LogP contribution in [0.5, 0.6) is 0 Å². The third kappa shape index (κ3) is 10.2. The Morgan fingerprint density at radius 1 is 0.611 bits per heavy atom. The summed E-state index contributed by atoms with van der Waals surface area (Å²) in [7, 11) is 0. The van der Waals surface area contributed by atoms with Gasteiger partial charge in [-0.1, -0.05) is 39.5 Å². The van der Waals surface area contributed by atoms with Crippen molar-refractivity contribution < 1.29 is 14.4 Å². The number of carbonyl (C=O) groups is 3. The van der Waals surface area contributed by atoms with Crippen LogP contribution in [0, 0.1) is 0 Å². The number of Topliss-reactive ketones (excluding diaryl/α,β-unsaturated/α-hetero) is 3. The van der Waals surface area contributed by atoms with Crippen LogP contribution in [0.3, 0.4) is 0 Å². The molecule has 0 atom stereocenters. The van der Waals surface area contributed by atoms with Gasteiger partial charge in [-0.05, 0) is 12.8 Å². The van der Waals surface area contributed by atoms with Crippen LogP contribution in [-0.4, -0.2) is 17.3 Å². The third-order valence-electron chi connectivity index (χ3n) is 2.91. The van der Waals surface area contributed by atoms with E-state index >= 15 is 0 Å². The molecule has 0 rings (SSSR count). The van der Waals surface area contributed by atoms with Crippen molar-refractivity contribution in [3.05, 3.63) is 0 Å². The zero-order chi connectivity index (χ0) is 13.8. The highest BCUT2D eigenvalue weighted by atomic mass is 16.2. The average molecular weight is 254 g/mol. The van der Waals surface area contributed by atoms with Crippen molar-refractivity contribution >= 4 is 17.3 Å². The summed E-state index contributed by atoms with van der Waals surface area (Å²) in [4.78, 5) is 34.4. The fourth-order valence-electron chi connectivity index (χ4n) is 1.82. The highest BCUT2D eigenvalue weighted by molar-refractivity contribution is 6.07. The van der Waals surface area contributed by atoms with Crippen molar-refractivity contribution in [1.82, 2.24) is 0 Å². The molecule has 0 aliphatic heterocycles. The van der Waals surface area contributed by atoms with Crippen molar-refractivity contribution in [3.63, 3.8) is 0 Å². The van der Waals surface area contributed by atoms with Crippen molar-refractivity contribution in [2.24, 2.45) is 0 Å². The fourth-order valence-corrected chi connectivity index (χ4v) is 1.82. The lowest BCUT2D eigenvalue weighted by atomic mass is 10.0. The normalized spacial score (nSPS) is 10.3. The van der Waals surface area contributed by atoms with Gasteiger partial charge in [0.1, 0.15) is 17.3 Å². The molecule has 0 spiro atoms. The van der Waals surface area contributed by atoms with Gasteiger partial charge < -0.3 is 0 Å². The van der Waals surface area contributed by atoms with E-state index in [1.807, 2.05) is 0 Å². The smallest absolute Gasteiger partial charge is 0.147 e. The molecule has 0 bridgehead atoms. The Balaban J connectivity index is 3.68. The molecular formula is C15H26O3. The molecule has 0 aromatic carbocycles. The van der Waals surface area contributed by atoms with Gasteiger partial charge in [-0.15, -0.1) is 0 Å². The number of carbonyl (C=O) groups excluding carboxylic acids is 3. The lowest BCUT2D eigenvalue weighted by Crippen LogP contribution is -2.12. The first-order valence-electron chi connectivity index (χ1n) is 7.15. The molecular weight excluding hydrogens is 228 g/mol. The van der Waals surface area contributed by atoms with E-state index in [0.717, 1.165) is 38.5 Å². The second-order valence-corrected chi connectivity index (χ2v) is 4.88. The quantitative estimate of drug-likeness (QED) is 0.394. The largest absolute Gasteiger partial charge is 0.299 e. The zero-order valence-electron chi connectivity index (χ0n) is 11.8. The molecule has 0 saturated heterocycles. The SMILES string of the molecule is CCCCCC(=O)CC(=O)CC(=O)CCCCC. The van der Waals surface area contributed by atoms with Gasteiger partial charge in [-0.25, -0.2) is 0 Å². The molecule has 0 aliphatic rings. The van der Waals surface area contributed by atoms with Crippen molar-refractivity contribution in [2.75, 3.05) is 0 Å². The zero-order valence-corrected chi connectivity index (χ0v) is 11.8. The van der Waals surface area contributed by atoms with E-state index in [-0.39, 0.29) is 30.2 Å². The van der Waals surface area contributed by atoms with E-state index in [1.165, 1.54) is 0 Å². The number of unbranched alkanes of at least 4 members (excludes halogenated alkanes) is 4. The van der Waals surface area contributed by atoms with Gasteiger partial charge in [0.05, 0.1) is 12.8 Å². The molecule has 0 N–H and O–H groups in total. The first-order chi connectivity index (χ1) is 8.60. The monoisotopic (exact) mass is 254 g/mol. The number of hydrogen-bond donors (Lipinski definition) is 0. The van der Waals surface area contributed by atoms with Crippen molar-refractivity contribution in [2.45, 2.75) is 78.1 Å². The second-order valence-electron chi connectivity index (χ2n) is 4.88. The van der Waals surface area contributed by atoms with E-state index in [0.29, 0.717) is 12.8 Å². The van der Waals surface area contributed by atoms with Gasteiger partial charge in [0, 0.05) is 12.8 Å². The van der Waals surface area contributed by atoms with E-state index in [4.69, 9.17) is 0 Å². The predicted octanol–water partition coefficient (Wildman–Crippen LogP) is 3.63. The molecule has 0 aromatic heterocycles. The first kappa shape index (κ1) is 17.0. The van der Waals surface area contributed by atoms with E-state index in [1.54, 1.807) is 0 Å². The van der Waals surface area contributed by atoms with E-state index in [9.17, 15) is 14.4 Å². The maximum Gasteiger partial charge on any atom is 0.147 e. The Bertz CT molecular complexity index is 243. The Labute approximate surface area is 110 Å². The summed E-state index contributed by atoms with van der Waals surface area (Å²) in [6.07, 6.45) is 6.74. The molecule has 0 amide bonds. The van der Waals surface area contributed by atoms with Gasteiger partial charge in [-0.3, -0.25) is 14.4 Å². The molecule has 3 nitrogen and oxygen atoms in total. The Hall–Kier alpha value is -0.990. The summed E-state index contributed by atoms with van der Waals surface area (Å²) in [5.74, 6) is -0.248. The maximum absolute atomic E-state index is 11.5. The van der Waals surface area contributed by atoms with Crippen LogP contribution in [0.1, 0.15) is 78.1 Å². The molecule has 0 saturated carbocycles. The number of ketones is 3. The lowest BCUT2D eigenvalue weighted by Gasteiger charge is -2.01. The average Bonchev–Trinajstić information content (AvgIpc) is 2.29. The van der Waals surface area contributed by atoms with Crippen LogP contribution >= 0.6 is 0 Å². The van der Waals surface area contributed by atoms with Gasteiger partial charge in [0.2, 0.25) is 0 Å². The first-order valence-corrected chi connectivity index (χ1v) is 7.15. The minimum absolute atomic E-state index is 0.0187. The number of hydrogen-bond acceptors (Lipinski definition) is 3. The lowest BCUT2D eigenvalue weighted by molar-refractivity contribution is -0.130. The Morgan fingerprint density at radius 2 is 1.00 bits per heavy atom. The molecule has 0 aliphatic carbocycles. The van der Waals surface area contributed by atoms with E-state index in [2.05, 4.69) is 13.8 Å². The van der Waals surface area contributed by atoms with Crippen LogP contribution < -0.4 is 0 Å². The molecule has 18 heavy (non-hydrogen) atoms. The summed E-state index contributed by atoms with van der Waals surface area (Å²) in [6, 6.07) is 0. The standard InChI is InChI=1S/C15H26O3/c1-3-5-7-9-13(16)11-15(18)12-14(17)10-8-6-4-2/h3-12H2,1-2H3. The van der Waals surface area contributed by atoms with Crippen LogP contribution in [0.15, 0.2) is 0 Å². The second kappa shape index (κ2) is 11.1. The van der Waals surface area contributed by atoms with Crippen molar-refractivity contribution in [3.8, 4) is 0 Å². The van der Waals surface area contributed by atoms with Gasteiger partial charge in [0.15, 0.2) is 0 Å². The highest BCUT2D eigenvalue weighted by Crippen LogP contribution is 2.06. The summed E-state index contributed by atoms with van der Waals surface area (Å²) in [6.45, 7) is 4.15. The molecule has 3 heteroatoms. The molecule has 104 valence electrons. The van der Waals surface area contributed by atoms with Gasteiger partial charge in [0.25, 0.3) is 0 Å². The summed E-state index contributed by atoms with van der Waals surface area (Å²) in [5, 5.41) is 0. The molecule has 0 radical (unpaired) electrons. The molecule has 0 fully saturated rings. The minimum atomic E-state index is -0.210. The van der Waals surface area contributed by atoms with Gasteiger partial charge >= 0.3 is 0 Å². The predicted molar refractivity (Wildman–Crippen MR) is 72.5 cm³/mol. The van der Waals surface area contributed by atoms with E-state index < -0.39 is 0 Å². The Morgan fingerprint density at radius 3 is 1.33 bits per heavy atom. The van der Waals surface area contributed by atoms with Crippen LogP contribution in [-0.2, 0) is 14.4 Å². The van der Waals surface area contributed by atoms with Crippen LogP contribution in [0.25, 0.3) is 0 Å². The maximum atomic E-state index is 11.5. The molecule has 0 heterocycles. The fraction of sp³-hybridized carbons (Fsp3) is 0.800. The van der Waals surface area contributed by atoms with Crippen LogP contribution in [0.4, 0.5) is 0 Å². The topological polar surface area (TPSA) is 51.2 Å².